The van der Waals surface area contributed by atoms with Gasteiger partial charge in [-0.2, -0.15) is 0 Å². The Morgan fingerprint density at radius 3 is 2.50 bits per heavy atom. The van der Waals surface area contributed by atoms with Gasteiger partial charge in [-0.3, -0.25) is 4.79 Å². The Labute approximate surface area is 149 Å². The van der Waals surface area contributed by atoms with Crippen molar-refractivity contribution in [3.63, 3.8) is 0 Å². The molecule has 128 valence electrons. The fourth-order valence-corrected chi connectivity index (χ4v) is 2.98. The first kappa shape index (κ1) is 18.5. The number of rotatable bonds is 6. The van der Waals surface area contributed by atoms with Gasteiger partial charge in [0.1, 0.15) is 6.04 Å². The molecule has 0 heterocycles. The average Bonchev–Trinajstić information content (AvgIpc) is 2.55. The molecule has 0 aliphatic rings. The quantitative estimate of drug-likeness (QED) is 0.827. The van der Waals surface area contributed by atoms with Crippen LogP contribution in [0.2, 0.25) is 5.02 Å². The molecule has 4 heteroatoms. The molecule has 3 N–H and O–H groups in total. The van der Waals surface area contributed by atoms with Crippen molar-refractivity contribution in [2.45, 2.75) is 39.8 Å². The van der Waals surface area contributed by atoms with E-state index in [1.165, 1.54) is 11.1 Å². The van der Waals surface area contributed by atoms with Gasteiger partial charge in [-0.1, -0.05) is 48.0 Å². The Kier molecular flexibility index (Phi) is 6.41. The second-order valence-electron chi connectivity index (χ2n) is 6.38. The van der Waals surface area contributed by atoms with Crippen molar-refractivity contribution in [3.8, 4) is 0 Å². The lowest BCUT2D eigenvalue weighted by Crippen LogP contribution is -2.87. The average molecular weight is 346 g/mol. The molecule has 3 nitrogen and oxygen atoms in total. The molecule has 0 spiro atoms. The second kappa shape index (κ2) is 8.32. The van der Waals surface area contributed by atoms with Gasteiger partial charge in [0.2, 0.25) is 0 Å². The van der Waals surface area contributed by atoms with E-state index in [9.17, 15) is 4.79 Å². The van der Waals surface area contributed by atoms with Gasteiger partial charge in [0.25, 0.3) is 5.91 Å². The van der Waals surface area contributed by atoms with Gasteiger partial charge in [-0.05, 0) is 50.5 Å². The van der Waals surface area contributed by atoms with Crippen LogP contribution in [0, 0.1) is 13.8 Å². The SMILES string of the molecule is Cc1ccc([C@@H](C)NC(=O)C[NH2+][C@@H](C)c2ccccc2Cl)cc1C. The van der Waals surface area contributed by atoms with E-state index in [2.05, 4.69) is 44.3 Å². The molecule has 0 aliphatic heterocycles. The third-order valence-electron chi connectivity index (χ3n) is 4.46. The minimum Gasteiger partial charge on any atom is -0.345 e. The summed E-state index contributed by atoms with van der Waals surface area (Å²) in [4.78, 5) is 12.2. The van der Waals surface area contributed by atoms with Gasteiger partial charge in [0.05, 0.1) is 6.04 Å². The first-order valence-electron chi connectivity index (χ1n) is 8.32. The fraction of sp³-hybridized carbons (Fsp3) is 0.350. The van der Waals surface area contributed by atoms with Crippen molar-refractivity contribution in [2.24, 2.45) is 0 Å². The van der Waals surface area contributed by atoms with Crippen molar-refractivity contribution in [2.75, 3.05) is 6.54 Å². The lowest BCUT2D eigenvalue weighted by Gasteiger charge is -2.17. The molecule has 0 aromatic heterocycles. The van der Waals surface area contributed by atoms with E-state index < -0.39 is 0 Å². The standard InChI is InChI=1S/C20H25ClN2O/c1-13-9-10-17(11-14(13)2)15(3)23-20(24)12-22-16(4)18-7-5-6-8-19(18)21/h5-11,15-16,22H,12H2,1-4H3,(H,23,24)/p+1/t15-,16+/m1/s1. The maximum atomic E-state index is 12.2. The monoisotopic (exact) mass is 345 g/mol. The highest BCUT2D eigenvalue weighted by Gasteiger charge is 2.16. The Morgan fingerprint density at radius 1 is 1.12 bits per heavy atom. The van der Waals surface area contributed by atoms with Crippen LogP contribution < -0.4 is 10.6 Å². The van der Waals surface area contributed by atoms with E-state index >= 15 is 0 Å². The number of amides is 1. The molecule has 2 atom stereocenters. The molecule has 0 fully saturated rings. The van der Waals surface area contributed by atoms with E-state index in [0.29, 0.717) is 6.54 Å². The van der Waals surface area contributed by atoms with Crippen LogP contribution >= 0.6 is 11.6 Å². The molecular formula is C20H26ClN2O+. The van der Waals surface area contributed by atoms with Crippen LogP contribution in [0.15, 0.2) is 42.5 Å². The van der Waals surface area contributed by atoms with Crippen molar-refractivity contribution in [3.05, 3.63) is 69.7 Å². The summed E-state index contributed by atoms with van der Waals surface area (Å²) in [5.74, 6) is 0.0274. The Balaban J connectivity index is 1.88. The molecule has 0 radical (unpaired) electrons. The lowest BCUT2D eigenvalue weighted by molar-refractivity contribution is -0.682. The highest BCUT2D eigenvalue weighted by Crippen LogP contribution is 2.19. The summed E-state index contributed by atoms with van der Waals surface area (Å²) < 4.78 is 0. The van der Waals surface area contributed by atoms with Crippen LogP contribution in [-0.2, 0) is 4.79 Å². The predicted octanol–water partition coefficient (Wildman–Crippen LogP) is 3.46. The normalized spacial score (nSPS) is 13.4. The second-order valence-corrected chi connectivity index (χ2v) is 6.79. The highest BCUT2D eigenvalue weighted by atomic mass is 35.5. The minimum absolute atomic E-state index is 0.000759. The third kappa shape index (κ3) is 4.83. The zero-order valence-corrected chi connectivity index (χ0v) is 15.5. The topological polar surface area (TPSA) is 45.7 Å². The number of quaternary nitrogens is 1. The number of nitrogens with one attached hydrogen (secondary N) is 1. The Hall–Kier alpha value is -1.84. The van der Waals surface area contributed by atoms with E-state index in [4.69, 9.17) is 11.6 Å². The highest BCUT2D eigenvalue weighted by molar-refractivity contribution is 6.31. The van der Waals surface area contributed by atoms with E-state index in [1.807, 2.05) is 36.5 Å². The summed E-state index contributed by atoms with van der Waals surface area (Å²) in [5.41, 5.74) is 4.69. The van der Waals surface area contributed by atoms with Crippen molar-refractivity contribution >= 4 is 17.5 Å². The molecule has 0 unspecified atom stereocenters. The summed E-state index contributed by atoms with van der Waals surface area (Å²) in [5, 5.41) is 5.81. The third-order valence-corrected chi connectivity index (χ3v) is 4.81. The van der Waals surface area contributed by atoms with Crippen LogP contribution in [0.25, 0.3) is 0 Å². The smallest absolute Gasteiger partial charge is 0.275 e. The van der Waals surface area contributed by atoms with Gasteiger partial charge in [-0.25, -0.2) is 0 Å². The van der Waals surface area contributed by atoms with Crippen molar-refractivity contribution < 1.29 is 10.1 Å². The van der Waals surface area contributed by atoms with E-state index in [0.717, 1.165) is 16.1 Å². The number of hydrogen-bond donors (Lipinski definition) is 2. The number of hydrogen-bond acceptors (Lipinski definition) is 1. The van der Waals surface area contributed by atoms with Crippen LogP contribution in [0.4, 0.5) is 0 Å². The molecule has 0 aliphatic carbocycles. The first-order chi connectivity index (χ1) is 11.4. The van der Waals surface area contributed by atoms with Gasteiger partial charge >= 0.3 is 0 Å². The van der Waals surface area contributed by atoms with Crippen LogP contribution in [0.5, 0.6) is 0 Å². The van der Waals surface area contributed by atoms with Gasteiger partial charge in [-0.15, -0.1) is 0 Å². The number of benzene rings is 2. The zero-order valence-electron chi connectivity index (χ0n) is 14.8. The lowest BCUT2D eigenvalue weighted by atomic mass is 10.0. The first-order valence-corrected chi connectivity index (χ1v) is 8.70. The van der Waals surface area contributed by atoms with Gasteiger partial charge < -0.3 is 10.6 Å². The molecule has 2 rings (SSSR count). The van der Waals surface area contributed by atoms with Crippen LogP contribution in [-0.4, -0.2) is 12.5 Å². The predicted molar refractivity (Wildman–Crippen MR) is 99.1 cm³/mol. The van der Waals surface area contributed by atoms with Crippen molar-refractivity contribution in [1.29, 1.82) is 0 Å². The summed E-state index contributed by atoms with van der Waals surface area (Å²) in [6.45, 7) is 8.63. The van der Waals surface area contributed by atoms with E-state index in [-0.39, 0.29) is 18.0 Å². The molecular weight excluding hydrogens is 320 g/mol. The molecule has 1 amide bonds. The molecule has 24 heavy (non-hydrogen) atoms. The molecule has 2 aromatic carbocycles. The zero-order chi connectivity index (χ0) is 17.7. The van der Waals surface area contributed by atoms with Crippen LogP contribution in [0.1, 0.15) is 48.2 Å². The molecule has 0 saturated carbocycles. The maximum absolute atomic E-state index is 12.2. The summed E-state index contributed by atoms with van der Waals surface area (Å²) in [6.07, 6.45) is 0. The fourth-order valence-electron chi connectivity index (χ4n) is 2.67. The number of carbonyl (C=O) groups excluding carboxylic acids is 1. The molecule has 0 saturated heterocycles. The van der Waals surface area contributed by atoms with Gasteiger partial charge in [0, 0.05) is 10.6 Å². The Morgan fingerprint density at radius 2 is 1.83 bits per heavy atom. The number of carbonyl (C=O) groups is 1. The number of nitrogens with two attached hydrogens (primary N) is 1. The maximum Gasteiger partial charge on any atom is 0.275 e. The molecule has 2 aromatic rings. The van der Waals surface area contributed by atoms with Crippen molar-refractivity contribution in [1.82, 2.24) is 5.32 Å². The minimum atomic E-state index is 0.000759. The Bertz CT molecular complexity index is 715. The summed E-state index contributed by atoms with van der Waals surface area (Å²) in [6, 6.07) is 14.2. The molecule has 0 bridgehead atoms. The largest absolute Gasteiger partial charge is 0.345 e. The van der Waals surface area contributed by atoms with Crippen LogP contribution in [0.3, 0.4) is 0 Å². The number of halogens is 1. The van der Waals surface area contributed by atoms with Gasteiger partial charge in [0.15, 0.2) is 6.54 Å². The summed E-state index contributed by atoms with van der Waals surface area (Å²) >= 11 is 6.21. The van der Waals surface area contributed by atoms with E-state index in [1.54, 1.807) is 0 Å². The summed E-state index contributed by atoms with van der Waals surface area (Å²) in [7, 11) is 0. The number of aryl methyl sites for hydroxylation is 2.